The summed E-state index contributed by atoms with van der Waals surface area (Å²) >= 11 is 0. The maximum absolute atomic E-state index is 13.9. The van der Waals surface area contributed by atoms with Crippen molar-refractivity contribution < 1.29 is 45.6 Å². The number of hydrogen-bond acceptors (Lipinski definition) is 5. The van der Waals surface area contributed by atoms with E-state index in [1.165, 1.54) is 18.2 Å². The zero-order valence-corrected chi connectivity index (χ0v) is 16.7. The maximum atomic E-state index is 13.9. The van der Waals surface area contributed by atoms with Gasteiger partial charge in [-0.2, -0.15) is 26.3 Å². The van der Waals surface area contributed by atoms with Crippen LogP contribution in [-0.4, -0.2) is 34.2 Å². The normalized spacial score (nSPS) is 15.6. The Morgan fingerprint density at radius 3 is 2.39 bits per heavy atom. The molecule has 1 aliphatic carbocycles. The highest BCUT2D eigenvalue weighted by atomic mass is 19.4. The van der Waals surface area contributed by atoms with Gasteiger partial charge in [-0.15, -0.1) is 0 Å². The Morgan fingerprint density at radius 1 is 1.09 bits per heavy atom. The Morgan fingerprint density at radius 2 is 1.79 bits per heavy atom. The molecule has 1 aromatic heterocycles. The first kappa shape index (κ1) is 22.9. The molecule has 0 unspecified atom stereocenters. The maximum Gasteiger partial charge on any atom is 0.422 e. The highest BCUT2D eigenvalue weighted by Gasteiger charge is 2.40. The van der Waals surface area contributed by atoms with Crippen molar-refractivity contribution in [1.82, 2.24) is 10.3 Å². The number of carbonyl (C=O) groups is 1. The second-order valence-corrected chi connectivity index (χ2v) is 7.88. The van der Waals surface area contributed by atoms with E-state index in [0.717, 1.165) is 18.9 Å². The fraction of sp³-hybridized carbons (Fsp3) is 0.381. The van der Waals surface area contributed by atoms with Gasteiger partial charge < -0.3 is 9.84 Å². The molecule has 0 spiro atoms. The summed E-state index contributed by atoms with van der Waals surface area (Å²) in [5, 5.41) is 16.8. The monoisotopic (exact) mass is 474 g/mol. The van der Waals surface area contributed by atoms with E-state index in [2.05, 4.69) is 19.7 Å². The van der Waals surface area contributed by atoms with Crippen LogP contribution in [0.1, 0.15) is 36.3 Å². The summed E-state index contributed by atoms with van der Waals surface area (Å²) in [7, 11) is 0. The standard InChI is InChI=1S/C21H16F6N2O4/c22-20(23,24)9-32-18-13(11-3-4-16-17(8-11)29-33-28-16)6-12(7-15(18)21(25,26)27)14(19(30)31)5-10-1-2-10/h3-4,6-8,10,14H,1-2,5,9H2,(H,30,31)/t14-/m0/s1. The van der Waals surface area contributed by atoms with Crippen LogP contribution in [0.5, 0.6) is 5.75 Å². The largest absolute Gasteiger partial charge is 0.483 e. The average Bonchev–Trinajstić information content (AvgIpc) is 3.42. The van der Waals surface area contributed by atoms with Crippen molar-refractivity contribution in [2.45, 2.75) is 37.5 Å². The Hall–Kier alpha value is -3.31. The molecule has 1 aliphatic rings. The van der Waals surface area contributed by atoms with Gasteiger partial charge in [0.1, 0.15) is 16.8 Å². The van der Waals surface area contributed by atoms with Crippen LogP contribution in [0.3, 0.4) is 0 Å². The molecule has 0 amide bonds. The second-order valence-electron chi connectivity index (χ2n) is 7.88. The molecule has 12 heteroatoms. The van der Waals surface area contributed by atoms with E-state index in [1.54, 1.807) is 0 Å². The highest BCUT2D eigenvalue weighted by molar-refractivity contribution is 5.85. The number of rotatable bonds is 7. The summed E-state index contributed by atoms with van der Waals surface area (Å²) in [6.07, 6.45) is -8.33. The van der Waals surface area contributed by atoms with Crippen molar-refractivity contribution in [2.75, 3.05) is 6.61 Å². The first-order valence-electron chi connectivity index (χ1n) is 9.82. The van der Waals surface area contributed by atoms with Crippen molar-refractivity contribution >= 4 is 17.0 Å². The molecular weight excluding hydrogens is 458 g/mol. The van der Waals surface area contributed by atoms with Crippen LogP contribution in [-0.2, 0) is 11.0 Å². The van der Waals surface area contributed by atoms with Crippen LogP contribution >= 0.6 is 0 Å². The highest BCUT2D eigenvalue weighted by Crippen LogP contribution is 2.47. The fourth-order valence-electron chi connectivity index (χ4n) is 3.60. The molecule has 4 rings (SSSR count). The number of alkyl halides is 6. The third-order valence-corrected chi connectivity index (χ3v) is 5.33. The van der Waals surface area contributed by atoms with Crippen molar-refractivity contribution in [1.29, 1.82) is 0 Å². The quantitative estimate of drug-likeness (QED) is 0.435. The number of aromatic nitrogens is 2. The van der Waals surface area contributed by atoms with Gasteiger partial charge in [0.25, 0.3) is 0 Å². The van der Waals surface area contributed by atoms with Crippen molar-refractivity contribution in [3.63, 3.8) is 0 Å². The Bertz CT molecular complexity index is 1180. The molecule has 2 aromatic carbocycles. The van der Waals surface area contributed by atoms with Gasteiger partial charge in [-0.05, 0) is 58.0 Å². The SMILES string of the molecule is O=C(O)[C@@H](CC1CC1)c1cc(-c2ccc3nonc3c2)c(OCC(F)(F)F)c(C(F)(F)F)c1. The van der Waals surface area contributed by atoms with Crippen molar-refractivity contribution in [2.24, 2.45) is 5.92 Å². The van der Waals surface area contributed by atoms with E-state index in [9.17, 15) is 36.2 Å². The van der Waals surface area contributed by atoms with E-state index in [1.807, 2.05) is 0 Å². The number of carboxylic acids is 1. The molecule has 176 valence electrons. The molecule has 0 saturated heterocycles. The van der Waals surface area contributed by atoms with Crippen LogP contribution in [0, 0.1) is 5.92 Å². The zero-order valence-electron chi connectivity index (χ0n) is 16.7. The molecule has 6 nitrogen and oxygen atoms in total. The van der Waals surface area contributed by atoms with E-state index < -0.39 is 42.2 Å². The van der Waals surface area contributed by atoms with Gasteiger partial charge >= 0.3 is 18.3 Å². The minimum Gasteiger partial charge on any atom is -0.483 e. The molecule has 0 radical (unpaired) electrons. The second kappa shape index (κ2) is 8.23. The molecule has 1 saturated carbocycles. The lowest BCUT2D eigenvalue weighted by Gasteiger charge is -2.22. The third kappa shape index (κ3) is 5.20. The van der Waals surface area contributed by atoms with Gasteiger partial charge in [-0.25, -0.2) is 4.63 Å². The van der Waals surface area contributed by atoms with Crippen LogP contribution in [0.25, 0.3) is 22.2 Å². The minimum atomic E-state index is -5.10. The van der Waals surface area contributed by atoms with E-state index >= 15 is 0 Å². The summed E-state index contributed by atoms with van der Waals surface area (Å²) in [4.78, 5) is 11.9. The zero-order chi connectivity index (χ0) is 24.0. The number of halogens is 6. The lowest BCUT2D eigenvalue weighted by atomic mass is 9.88. The van der Waals surface area contributed by atoms with E-state index in [0.29, 0.717) is 6.07 Å². The molecule has 3 aromatic rings. The number of carboxylic acid groups (broad SMARTS) is 1. The van der Waals surface area contributed by atoms with E-state index in [-0.39, 0.29) is 40.1 Å². The molecule has 1 heterocycles. The molecule has 1 fully saturated rings. The van der Waals surface area contributed by atoms with Gasteiger partial charge in [0.15, 0.2) is 6.61 Å². The van der Waals surface area contributed by atoms with Gasteiger partial charge in [0.2, 0.25) is 0 Å². The number of ether oxygens (including phenoxy) is 1. The number of benzene rings is 2. The molecule has 1 N–H and O–H groups in total. The summed E-state index contributed by atoms with van der Waals surface area (Å²) < 4.78 is 89.5. The van der Waals surface area contributed by atoms with Gasteiger partial charge in [0, 0.05) is 5.56 Å². The number of hydrogen-bond donors (Lipinski definition) is 1. The summed E-state index contributed by atoms with van der Waals surface area (Å²) in [6, 6.07) is 5.67. The molecule has 0 bridgehead atoms. The lowest BCUT2D eigenvalue weighted by molar-refractivity contribution is -0.158. The summed E-state index contributed by atoms with van der Waals surface area (Å²) in [6.45, 7) is -1.96. The van der Waals surface area contributed by atoms with Crippen molar-refractivity contribution in [3.8, 4) is 16.9 Å². The molecular formula is C21H16F6N2O4. The lowest BCUT2D eigenvalue weighted by Crippen LogP contribution is -2.22. The Balaban J connectivity index is 1.93. The molecule has 1 atom stereocenters. The summed E-state index contributed by atoms with van der Waals surface area (Å²) in [5.41, 5.74) is -1.52. The van der Waals surface area contributed by atoms with Crippen LogP contribution in [0.2, 0.25) is 0 Å². The molecule has 33 heavy (non-hydrogen) atoms. The number of fused-ring (bicyclic) bond motifs is 1. The van der Waals surface area contributed by atoms with Crippen LogP contribution in [0.15, 0.2) is 35.0 Å². The van der Waals surface area contributed by atoms with Gasteiger partial charge in [-0.1, -0.05) is 18.9 Å². The number of aliphatic carboxylic acids is 1. The average molecular weight is 474 g/mol. The number of nitrogens with zero attached hydrogens (tertiary/aromatic N) is 2. The molecule has 0 aliphatic heterocycles. The Labute approximate surface area is 182 Å². The van der Waals surface area contributed by atoms with Crippen molar-refractivity contribution in [3.05, 3.63) is 41.5 Å². The predicted octanol–water partition coefficient (Wildman–Crippen LogP) is 5.82. The first-order valence-corrected chi connectivity index (χ1v) is 9.82. The minimum absolute atomic E-state index is 0.0401. The Kier molecular flexibility index (Phi) is 5.71. The van der Waals surface area contributed by atoms with Gasteiger partial charge in [-0.3, -0.25) is 4.79 Å². The predicted molar refractivity (Wildman–Crippen MR) is 102 cm³/mol. The van der Waals surface area contributed by atoms with E-state index in [4.69, 9.17) is 0 Å². The van der Waals surface area contributed by atoms with Crippen LogP contribution < -0.4 is 4.74 Å². The van der Waals surface area contributed by atoms with Gasteiger partial charge in [0.05, 0.1) is 11.5 Å². The van der Waals surface area contributed by atoms with Crippen LogP contribution in [0.4, 0.5) is 26.3 Å². The third-order valence-electron chi connectivity index (χ3n) is 5.33. The smallest absolute Gasteiger partial charge is 0.422 e. The summed E-state index contributed by atoms with van der Waals surface area (Å²) in [5.74, 6) is -3.55. The topological polar surface area (TPSA) is 85.5 Å². The first-order chi connectivity index (χ1) is 15.4. The fourth-order valence-corrected chi connectivity index (χ4v) is 3.60.